The molecule has 0 aliphatic carbocycles. The highest BCUT2D eigenvalue weighted by Crippen LogP contribution is 2.34. The summed E-state index contributed by atoms with van der Waals surface area (Å²) in [5.41, 5.74) is 1.98. The topological polar surface area (TPSA) is 12.0 Å². The minimum Gasteiger partial charge on any atom is -0.377 e. The zero-order chi connectivity index (χ0) is 13.8. The van der Waals surface area contributed by atoms with Gasteiger partial charge in [-0.3, -0.25) is 0 Å². The molecule has 19 heavy (non-hydrogen) atoms. The highest BCUT2D eigenvalue weighted by Gasteiger charge is 2.14. The van der Waals surface area contributed by atoms with E-state index < -0.39 is 5.76 Å². The molecule has 0 radical (unpaired) electrons. The van der Waals surface area contributed by atoms with Crippen LogP contribution in [0, 0.1) is 6.92 Å². The Morgan fingerprint density at radius 1 is 1.21 bits per heavy atom. The van der Waals surface area contributed by atoms with E-state index in [2.05, 4.69) is 18.3 Å². The fourth-order valence-corrected chi connectivity index (χ4v) is 3.45. The lowest BCUT2D eigenvalue weighted by molar-refractivity contribution is 0.252. The zero-order valence-corrected chi connectivity index (χ0v) is 12.3. The number of halogens is 2. The van der Waals surface area contributed by atoms with E-state index in [9.17, 15) is 8.78 Å². The molecule has 1 aromatic heterocycles. The van der Waals surface area contributed by atoms with E-state index in [0.29, 0.717) is 16.7 Å². The van der Waals surface area contributed by atoms with Gasteiger partial charge in [0.25, 0.3) is 5.76 Å². The van der Waals surface area contributed by atoms with Crippen molar-refractivity contribution in [3.8, 4) is 0 Å². The van der Waals surface area contributed by atoms with Gasteiger partial charge in [0.1, 0.15) is 0 Å². The first-order chi connectivity index (χ1) is 9.08. The molecule has 2 aromatic rings. The van der Waals surface area contributed by atoms with E-state index in [1.54, 1.807) is 23.5 Å². The van der Waals surface area contributed by atoms with Gasteiger partial charge in [-0.1, -0.05) is 23.9 Å². The summed E-state index contributed by atoms with van der Waals surface area (Å²) in [6.45, 7) is 4.10. The molecule has 2 rings (SSSR count). The van der Waals surface area contributed by atoms with Gasteiger partial charge in [0.2, 0.25) is 0 Å². The predicted molar refractivity (Wildman–Crippen MR) is 79.4 cm³/mol. The fourth-order valence-electron chi connectivity index (χ4n) is 1.91. The first-order valence-electron chi connectivity index (χ1n) is 5.92. The molecule has 0 aliphatic rings. The van der Waals surface area contributed by atoms with Crippen molar-refractivity contribution in [2.75, 3.05) is 5.32 Å². The summed E-state index contributed by atoms with van der Waals surface area (Å²) in [7, 11) is 0. The van der Waals surface area contributed by atoms with Crippen LogP contribution in [0.2, 0.25) is 0 Å². The van der Waals surface area contributed by atoms with E-state index >= 15 is 0 Å². The average molecular weight is 299 g/mol. The first kappa shape index (κ1) is 14.3. The summed E-state index contributed by atoms with van der Waals surface area (Å²) < 4.78 is 25.0. The van der Waals surface area contributed by atoms with Crippen LogP contribution >= 0.6 is 23.1 Å². The maximum absolute atomic E-state index is 12.5. The van der Waals surface area contributed by atoms with Crippen LogP contribution in [0.1, 0.15) is 23.4 Å². The maximum Gasteiger partial charge on any atom is 0.288 e. The minimum atomic E-state index is -2.40. The highest BCUT2D eigenvalue weighted by atomic mass is 32.2. The van der Waals surface area contributed by atoms with Gasteiger partial charge in [0.15, 0.2) is 0 Å². The molecule has 0 saturated carbocycles. The van der Waals surface area contributed by atoms with Crippen LogP contribution in [0.4, 0.5) is 14.5 Å². The lowest BCUT2D eigenvalue weighted by Gasteiger charge is -2.17. The molecule has 102 valence electrons. The number of rotatable bonds is 5. The Morgan fingerprint density at radius 3 is 2.58 bits per heavy atom. The standard InChI is InChI=1S/C14H15F2NS2/c1-9-7-8-18-13(9)10(2)17-11-5-3-4-6-12(11)19-14(15)16/h3-8,10,14,17H,1-2H3. The van der Waals surface area contributed by atoms with Gasteiger partial charge in [0.05, 0.1) is 6.04 Å². The normalized spacial score (nSPS) is 12.7. The van der Waals surface area contributed by atoms with Crippen molar-refractivity contribution in [2.24, 2.45) is 0 Å². The minimum absolute atomic E-state index is 0.111. The fraction of sp³-hybridized carbons (Fsp3) is 0.286. The van der Waals surface area contributed by atoms with Crippen molar-refractivity contribution in [3.05, 3.63) is 46.2 Å². The lowest BCUT2D eigenvalue weighted by Crippen LogP contribution is -2.07. The van der Waals surface area contributed by atoms with Gasteiger partial charge in [-0.15, -0.1) is 11.3 Å². The number of nitrogens with one attached hydrogen (secondary N) is 1. The van der Waals surface area contributed by atoms with Crippen molar-refractivity contribution in [3.63, 3.8) is 0 Å². The van der Waals surface area contributed by atoms with Gasteiger partial charge < -0.3 is 5.32 Å². The van der Waals surface area contributed by atoms with Crippen LogP contribution in [0.25, 0.3) is 0 Å². The summed E-state index contributed by atoms with van der Waals surface area (Å²) in [5.74, 6) is -2.40. The Balaban J connectivity index is 2.17. The lowest BCUT2D eigenvalue weighted by atomic mass is 10.2. The number of hydrogen-bond donors (Lipinski definition) is 1. The van der Waals surface area contributed by atoms with Gasteiger partial charge in [-0.25, -0.2) is 0 Å². The summed E-state index contributed by atoms with van der Waals surface area (Å²) in [6, 6.07) is 9.36. The molecular weight excluding hydrogens is 284 g/mol. The molecule has 1 unspecified atom stereocenters. The Morgan fingerprint density at radius 2 is 1.95 bits per heavy atom. The van der Waals surface area contributed by atoms with Crippen LogP contribution in [0.3, 0.4) is 0 Å². The van der Waals surface area contributed by atoms with Crippen LogP contribution < -0.4 is 5.32 Å². The maximum atomic E-state index is 12.5. The molecule has 1 aromatic carbocycles. The Labute approximate surface area is 120 Å². The number of hydrogen-bond acceptors (Lipinski definition) is 3. The third-order valence-corrected chi connectivity index (χ3v) is 4.76. The number of alkyl halides is 2. The number of thiophene rings is 1. The van der Waals surface area contributed by atoms with Crippen LogP contribution in [0.15, 0.2) is 40.6 Å². The molecule has 1 heterocycles. The smallest absolute Gasteiger partial charge is 0.288 e. The molecule has 0 amide bonds. The van der Waals surface area contributed by atoms with Crippen LogP contribution in [0.5, 0.6) is 0 Å². The van der Waals surface area contributed by atoms with Gasteiger partial charge in [0, 0.05) is 15.5 Å². The summed E-state index contributed by atoms with van der Waals surface area (Å²) >= 11 is 2.26. The zero-order valence-electron chi connectivity index (χ0n) is 10.7. The molecule has 0 bridgehead atoms. The average Bonchev–Trinajstić information content (AvgIpc) is 2.77. The van der Waals surface area contributed by atoms with Crippen molar-refractivity contribution < 1.29 is 8.78 Å². The monoisotopic (exact) mass is 299 g/mol. The van der Waals surface area contributed by atoms with Gasteiger partial charge in [-0.05, 0) is 43.0 Å². The number of anilines is 1. The molecular formula is C14H15F2NS2. The Bertz CT molecular complexity index is 540. The van der Waals surface area contributed by atoms with E-state index in [1.165, 1.54) is 10.4 Å². The molecule has 1 atom stereocenters. The summed E-state index contributed by atoms with van der Waals surface area (Å²) in [5, 5.41) is 5.36. The quantitative estimate of drug-likeness (QED) is 0.727. The summed E-state index contributed by atoms with van der Waals surface area (Å²) in [4.78, 5) is 1.82. The molecule has 0 aliphatic heterocycles. The number of para-hydroxylation sites is 1. The second kappa shape index (κ2) is 6.39. The second-order valence-electron chi connectivity index (χ2n) is 4.21. The molecule has 5 heteroatoms. The third-order valence-electron chi connectivity index (χ3n) is 2.77. The third kappa shape index (κ3) is 3.70. The molecule has 1 N–H and O–H groups in total. The van der Waals surface area contributed by atoms with Gasteiger partial charge >= 0.3 is 0 Å². The predicted octanol–water partition coefficient (Wildman–Crippen LogP) is 5.54. The van der Waals surface area contributed by atoms with Gasteiger partial charge in [-0.2, -0.15) is 8.78 Å². The summed E-state index contributed by atoms with van der Waals surface area (Å²) in [6.07, 6.45) is 0. The largest absolute Gasteiger partial charge is 0.377 e. The highest BCUT2D eigenvalue weighted by molar-refractivity contribution is 7.99. The van der Waals surface area contributed by atoms with Crippen LogP contribution in [-0.4, -0.2) is 5.76 Å². The van der Waals surface area contributed by atoms with Crippen molar-refractivity contribution >= 4 is 28.8 Å². The second-order valence-corrected chi connectivity index (χ2v) is 6.19. The van der Waals surface area contributed by atoms with E-state index in [0.717, 1.165) is 5.69 Å². The molecule has 1 nitrogen and oxygen atoms in total. The van der Waals surface area contributed by atoms with Crippen molar-refractivity contribution in [1.29, 1.82) is 0 Å². The van der Waals surface area contributed by atoms with E-state index in [-0.39, 0.29) is 6.04 Å². The number of benzene rings is 1. The molecule has 0 saturated heterocycles. The SMILES string of the molecule is Cc1ccsc1C(C)Nc1ccccc1SC(F)F. The molecule has 0 fully saturated rings. The Kier molecular flexibility index (Phi) is 4.82. The first-order valence-corrected chi connectivity index (χ1v) is 7.68. The van der Waals surface area contributed by atoms with Crippen molar-refractivity contribution in [2.45, 2.75) is 30.5 Å². The number of aryl methyl sites for hydroxylation is 1. The van der Waals surface area contributed by atoms with Crippen LogP contribution in [-0.2, 0) is 0 Å². The molecule has 0 spiro atoms. The van der Waals surface area contributed by atoms with E-state index in [1.807, 2.05) is 24.4 Å². The van der Waals surface area contributed by atoms with Crippen molar-refractivity contribution in [1.82, 2.24) is 0 Å². The number of thioether (sulfide) groups is 1. The Hall–Kier alpha value is -1.07. The van der Waals surface area contributed by atoms with E-state index in [4.69, 9.17) is 0 Å².